The summed E-state index contributed by atoms with van der Waals surface area (Å²) in [5.74, 6) is -0.0631. The quantitative estimate of drug-likeness (QED) is 0.633. The van der Waals surface area contributed by atoms with Crippen molar-refractivity contribution in [3.05, 3.63) is 70.8 Å². The van der Waals surface area contributed by atoms with Gasteiger partial charge in [0.2, 0.25) is 0 Å². The fourth-order valence-corrected chi connectivity index (χ4v) is 3.20. The first-order chi connectivity index (χ1) is 13.1. The number of nitrogens with one attached hydrogen (secondary N) is 1. The van der Waals surface area contributed by atoms with E-state index in [4.69, 9.17) is 0 Å². The normalized spacial score (nSPS) is 15.9. The summed E-state index contributed by atoms with van der Waals surface area (Å²) < 4.78 is 0. The molecule has 1 aliphatic heterocycles. The second-order valence-electron chi connectivity index (χ2n) is 7.19. The molecule has 2 aromatic rings. The van der Waals surface area contributed by atoms with Crippen molar-refractivity contribution < 1.29 is 4.79 Å². The van der Waals surface area contributed by atoms with E-state index in [2.05, 4.69) is 51.5 Å². The van der Waals surface area contributed by atoms with Crippen LogP contribution in [0.15, 0.2) is 53.6 Å². The van der Waals surface area contributed by atoms with Crippen LogP contribution < -0.4 is 5.43 Å². The maximum Gasteiger partial charge on any atom is 0.254 e. The van der Waals surface area contributed by atoms with Crippen LogP contribution in [0.25, 0.3) is 0 Å². The Balaban J connectivity index is 1.39. The number of carbonyl (C=O) groups excluding carboxylic acids is 1. The molecule has 5 heteroatoms. The topological polar surface area (TPSA) is 47.9 Å². The van der Waals surface area contributed by atoms with Gasteiger partial charge in [0.05, 0.1) is 12.8 Å². The molecule has 3 rings (SSSR count). The van der Waals surface area contributed by atoms with Gasteiger partial charge in [-0.1, -0.05) is 54.1 Å². The number of nitrogens with zero attached hydrogens (tertiary/aromatic N) is 3. The molecule has 0 aliphatic carbocycles. The van der Waals surface area contributed by atoms with Crippen molar-refractivity contribution in [2.75, 3.05) is 32.7 Å². The number of hydrogen-bond donors (Lipinski definition) is 1. The molecule has 1 saturated heterocycles. The van der Waals surface area contributed by atoms with Crippen LogP contribution in [0.5, 0.6) is 0 Å². The van der Waals surface area contributed by atoms with Crippen LogP contribution in [-0.4, -0.2) is 54.6 Å². The summed E-state index contributed by atoms with van der Waals surface area (Å²) in [4.78, 5) is 16.7. The van der Waals surface area contributed by atoms with Gasteiger partial charge in [0, 0.05) is 32.7 Å². The molecule has 0 unspecified atom stereocenters. The van der Waals surface area contributed by atoms with Gasteiger partial charge in [0.1, 0.15) is 0 Å². The minimum atomic E-state index is -0.0631. The third-order valence-corrected chi connectivity index (χ3v) is 4.94. The molecule has 1 fully saturated rings. The Morgan fingerprint density at radius 2 is 1.67 bits per heavy atom. The number of benzene rings is 2. The molecular formula is C22H28N4O. The summed E-state index contributed by atoms with van der Waals surface area (Å²) in [6.07, 6.45) is 1.70. The standard InChI is InChI=1S/C22H28N4O/c1-18-7-9-20(10-8-18)16-25-11-13-26(14-12-25)17-22(27)24-23-15-21-6-4-3-5-19(21)2/h3-10,15H,11-14,16-17H2,1-2H3,(H,24,27). The fourth-order valence-electron chi connectivity index (χ4n) is 3.20. The Labute approximate surface area is 161 Å². The van der Waals surface area contributed by atoms with Gasteiger partial charge < -0.3 is 0 Å². The van der Waals surface area contributed by atoms with Crippen LogP contribution in [-0.2, 0) is 11.3 Å². The molecular weight excluding hydrogens is 336 g/mol. The monoisotopic (exact) mass is 364 g/mol. The number of hydrogen-bond acceptors (Lipinski definition) is 4. The highest BCUT2D eigenvalue weighted by atomic mass is 16.2. The maximum absolute atomic E-state index is 12.1. The first kappa shape index (κ1) is 19.3. The predicted octanol–water partition coefficient (Wildman–Crippen LogP) is 2.57. The Morgan fingerprint density at radius 3 is 2.37 bits per heavy atom. The van der Waals surface area contributed by atoms with Crippen molar-refractivity contribution in [3.8, 4) is 0 Å². The highest BCUT2D eigenvalue weighted by Gasteiger charge is 2.18. The average Bonchev–Trinajstić information content (AvgIpc) is 2.67. The van der Waals surface area contributed by atoms with Gasteiger partial charge in [0.25, 0.3) is 5.91 Å². The molecule has 0 aromatic heterocycles. The summed E-state index contributed by atoms with van der Waals surface area (Å²) in [6.45, 7) is 9.27. The van der Waals surface area contributed by atoms with Crippen molar-refractivity contribution in [3.63, 3.8) is 0 Å². The third kappa shape index (κ3) is 6.01. The molecule has 1 amide bonds. The minimum absolute atomic E-state index is 0.0631. The molecule has 142 valence electrons. The summed E-state index contributed by atoms with van der Waals surface area (Å²) in [7, 11) is 0. The first-order valence-corrected chi connectivity index (χ1v) is 9.48. The molecule has 0 bridgehead atoms. The van der Waals surface area contributed by atoms with E-state index in [0.717, 1.165) is 43.9 Å². The zero-order valence-corrected chi connectivity index (χ0v) is 16.2. The minimum Gasteiger partial charge on any atom is -0.297 e. The fraction of sp³-hybridized carbons (Fsp3) is 0.364. The first-order valence-electron chi connectivity index (χ1n) is 9.48. The number of amides is 1. The SMILES string of the molecule is Cc1ccc(CN2CCN(CC(=O)NN=Cc3ccccc3C)CC2)cc1. The van der Waals surface area contributed by atoms with Crippen molar-refractivity contribution in [2.45, 2.75) is 20.4 Å². The molecule has 1 heterocycles. The van der Waals surface area contributed by atoms with Crippen LogP contribution in [0.3, 0.4) is 0 Å². The highest BCUT2D eigenvalue weighted by molar-refractivity contribution is 5.84. The number of rotatable bonds is 6. The van der Waals surface area contributed by atoms with E-state index in [0.29, 0.717) is 6.54 Å². The van der Waals surface area contributed by atoms with E-state index >= 15 is 0 Å². The van der Waals surface area contributed by atoms with E-state index in [-0.39, 0.29) is 5.91 Å². The Bertz CT molecular complexity index is 777. The number of hydrazone groups is 1. The second kappa shape index (κ2) is 9.44. The van der Waals surface area contributed by atoms with Gasteiger partial charge in [-0.05, 0) is 30.5 Å². The van der Waals surface area contributed by atoms with Crippen LogP contribution in [0.2, 0.25) is 0 Å². The smallest absolute Gasteiger partial charge is 0.254 e. The lowest BCUT2D eigenvalue weighted by molar-refractivity contribution is -0.122. The van der Waals surface area contributed by atoms with E-state index in [1.165, 1.54) is 11.1 Å². The molecule has 0 spiro atoms. The Hall–Kier alpha value is -2.50. The van der Waals surface area contributed by atoms with Crippen molar-refractivity contribution in [1.29, 1.82) is 0 Å². The molecule has 0 saturated carbocycles. The number of carbonyl (C=O) groups is 1. The third-order valence-electron chi connectivity index (χ3n) is 4.94. The van der Waals surface area contributed by atoms with Gasteiger partial charge in [-0.25, -0.2) is 5.43 Å². The van der Waals surface area contributed by atoms with E-state index in [9.17, 15) is 4.79 Å². The maximum atomic E-state index is 12.1. The summed E-state index contributed by atoms with van der Waals surface area (Å²) in [5, 5.41) is 4.08. The van der Waals surface area contributed by atoms with Crippen LogP contribution >= 0.6 is 0 Å². The van der Waals surface area contributed by atoms with E-state index in [1.54, 1.807) is 6.21 Å². The van der Waals surface area contributed by atoms with Crippen molar-refractivity contribution in [2.24, 2.45) is 5.10 Å². The highest BCUT2D eigenvalue weighted by Crippen LogP contribution is 2.09. The van der Waals surface area contributed by atoms with Gasteiger partial charge in [-0.3, -0.25) is 14.6 Å². The zero-order chi connectivity index (χ0) is 19.1. The van der Waals surface area contributed by atoms with Gasteiger partial charge in [-0.2, -0.15) is 5.10 Å². The zero-order valence-electron chi connectivity index (χ0n) is 16.2. The van der Waals surface area contributed by atoms with Crippen LogP contribution in [0, 0.1) is 13.8 Å². The molecule has 2 aromatic carbocycles. The lowest BCUT2D eigenvalue weighted by Gasteiger charge is -2.34. The average molecular weight is 364 g/mol. The van der Waals surface area contributed by atoms with E-state index in [1.807, 2.05) is 31.2 Å². The van der Waals surface area contributed by atoms with Crippen molar-refractivity contribution in [1.82, 2.24) is 15.2 Å². The molecule has 0 radical (unpaired) electrons. The predicted molar refractivity (Wildman–Crippen MR) is 110 cm³/mol. The Morgan fingerprint density at radius 1 is 1.00 bits per heavy atom. The molecule has 1 N–H and O–H groups in total. The lowest BCUT2D eigenvalue weighted by atomic mass is 10.1. The molecule has 0 atom stereocenters. The van der Waals surface area contributed by atoms with Crippen LogP contribution in [0.4, 0.5) is 0 Å². The second-order valence-corrected chi connectivity index (χ2v) is 7.19. The summed E-state index contributed by atoms with van der Waals surface area (Å²) in [6, 6.07) is 16.7. The number of piperazine rings is 1. The van der Waals surface area contributed by atoms with Crippen molar-refractivity contribution >= 4 is 12.1 Å². The molecule has 27 heavy (non-hydrogen) atoms. The summed E-state index contributed by atoms with van der Waals surface area (Å²) >= 11 is 0. The lowest BCUT2D eigenvalue weighted by Crippen LogP contribution is -2.48. The van der Waals surface area contributed by atoms with Gasteiger partial charge in [0.15, 0.2) is 0 Å². The van der Waals surface area contributed by atoms with E-state index < -0.39 is 0 Å². The Kier molecular flexibility index (Phi) is 6.74. The molecule has 1 aliphatic rings. The summed E-state index contributed by atoms with van der Waals surface area (Å²) in [5.41, 5.74) is 7.43. The van der Waals surface area contributed by atoms with Gasteiger partial charge in [-0.15, -0.1) is 0 Å². The largest absolute Gasteiger partial charge is 0.297 e. The van der Waals surface area contributed by atoms with Crippen LogP contribution in [0.1, 0.15) is 22.3 Å². The van der Waals surface area contributed by atoms with Gasteiger partial charge >= 0.3 is 0 Å². The molecule has 5 nitrogen and oxygen atoms in total. The number of aryl methyl sites for hydroxylation is 2.